The van der Waals surface area contributed by atoms with Crippen molar-refractivity contribution in [2.75, 3.05) is 11.9 Å². The highest BCUT2D eigenvalue weighted by molar-refractivity contribution is 5.97. The number of ether oxygens (including phenoxy) is 1. The highest BCUT2D eigenvalue weighted by Gasteiger charge is 2.16. The summed E-state index contributed by atoms with van der Waals surface area (Å²) in [7, 11) is 0. The Balaban J connectivity index is 2.02. The molecule has 0 unspecified atom stereocenters. The van der Waals surface area contributed by atoms with E-state index in [9.17, 15) is 9.59 Å². The normalized spacial score (nSPS) is 9.92. The van der Waals surface area contributed by atoms with Gasteiger partial charge in [0, 0.05) is 0 Å². The van der Waals surface area contributed by atoms with Gasteiger partial charge in [0.15, 0.2) is 6.61 Å². The number of nitrogens with one attached hydrogen (secondary N) is 1. The summed E-state index contributed by atoms with van der Waals surface area (Å²) in [5.74, 6) is -1.03. The SMILES string of the molecule is Cc1cc(C)c(C(=O)OCC(=O)Nc2ccccc2C#N)c(C)c1. The third-order valence-electron chi connectivity index (χ3n) is 3.54. The minimum absolute atomic E-state index is 0.349. The predicted octanol–water partition coefficient (Wildman–Crippen LogP) is 3.28. The van der Waals surface area contributed by atoms with Crippen LogP contribution < -0.4 is 5.32 Å². The summed E-state index contributed by atoms with van der Waals surface area (Å²) in [4.78, 5) is 24.2. The molecule has 2 rings (SSSR count). The van der Waals surface area contributed by atoms with E-state index in [0.717, 1.165) is 16.7 Å². The maximum atomic E-state index is 12.2. The van der Waals surface area contributed by atoms with Crippen LogP contribution >= 0.6 is 0 Å². The second kappa shape index (κ2) is 7.42. The molecular weight excluding hydrogens is 304 g/mol. The van der Waals surface area contributed by atoms with Crippen LogP contribution in [0.5, 0.6) is 0 Å². The summed E-state index contributed by atoms with van der Waals surface area (Å²) < 4.78 is 5.10. The maximum absolute atomic E-state index is 12.2. The molecule has 0 aliphatic heterocycles. The van der Waals surface area contributed by atoms with E-state index in [1.807, 2.05) is 39.0 Å². The number of benzene rings is 2. The molecule has 1 amide bonds. The summed E-state index contributed by atoms with van der Waals surface area (Å²) in [5, 5.41) is 11.6. The molecule has 0 radical (unpaired) electrons. The van der Waals surface area contributed by atoms with E-state index in [2.05, 4.69) is 5.32 Å². The van der Waals surface area contributed by atoms with Crippen LogP contribution in [0.4, 0.5) is 5.69 Å². The molecule has 5 heteroatoms. The molecule has 0 saturated carbocycles. The smallest absolute Gasteiger partial charge is 0.339 e. The summed E-state index contributed by atoms with van der Waals surface area (Å²) in [6, 6.07) is 12.4. The molecule has 2 aromatic carbocycles. The zero-order chi connectivity index (χ0) is 17.7. The van der Waals surface area contributed by atoms with Gasteiger partial charge in [0.25, 0.3) is 5.91 Å². The predicted molar refractivity (Wildman–Crippen MR) is 90.7 cm³/mol. The maximum Gasteiger partial charge on any atom is 0.339 e. The van der Waals surface area contributed by atoms with E-state index in [4.69, 9.17) is 10.00 Å². The number of nitriles is 1. The number of amides is 1. The van der Waals surface area contributed by atoms with Crippen LogP contribution in [0, 0.1) is 32.1 Å². The van der Waals surface area contributed by atoms with E-state index in [1.54, 1.807) is 24.3 Å². The minimum Gasteiger partial charge on any atom is -0.452 e. The van der Waals surface area contributed by atoms with Crippen molar-refractivity contribution in [3.05, 3.63) is 64.2 Å². The Hall–Kier alpha value is -3.13. The molecule has 0 aliphatic carbocycles. The van der Waals surface area contributed by atoms with Gasteiger partial charge in [-0.3, -0.25) is 4.79 Å². The Morgan fingerprint density at radius 3 is 2.38 bits per heavy atom. The van der Waals surface area contributed by atoms with Crippen LogP contribution in [0.25, 0.3) is 0 Å². The van der Waals surface area contributed by atoms with E-state index >= 15 is 0 Å². The molecule has 0 heterocycles. The average molecular weight is 322 g/mol. The van der Waals surface area contributed by atoms with Crippen molar-refractivity contribution in [2.45, 2.75) is 20.8 Å². The third kappa shape index (κ3) is 3.99. The fraction of sp³-hybridized carbons (Fsp3) is 0.211. The van der Waals surface area contributed by atoms with Crippen molar-refractivity contribution in [2.24, 2.45) is 0 Å². The fourth-order valence-electron chi connectivity index (χ4n) is 2.58. The van der Waals surface area contributed by atoms with Crippen molar-refractivity contribution in [1.29, 1.82) is 5.26 Å². The van der Waals surface area contributed by atoms with Gasteiger partial charge in [0.1, 0.15) is 6.07 Å². The lowest BCUT2D eigenvalue weighted by molar-refractivity contribution is -0.119. The molecule has 1 N–H and O–H groups in total. The van der Waals surface area contributed by atoms with Gasteiger partial charge in [-0.1, -0.05) is 29.8 Å². The molecule has 0 fully saturated rings. The van der Waals surface area contributed by atoms with Crippen LogP contribution in [0.3, 0.4) is 0 Å². The molecular formula is C19H18N2O3. The van der Waals surface area contributed by atoms with E-state index in [0.29, 0.717) is 16.8 Å². The summed E-state index contributed by atoms with van der Waals surface area (Å²) in [6.45, 7) is 5.21. The van der Waals surface area contributed by atoms with Gasteiger partial charge in [0.2, 0.25) is 0 Å². The zero-order valence-corrected chi connectivity index (χ0v) is 13.8. The Bertz CT molecular complexity index is 812. The van der Waals surface area contributed by atoms with Crippen molar-refractivity contribution < 1.29 is 14.3 Å². The number of aryl methyl sites for hydroxylation is 3. The van der Waals surface area contributed by atoms with Crippen molar-refractivity contribution in [1.82, 2.24) is 0 Å². The lowest BCUT2D eigenvalue weighted by Gasteiger charge is -2.11. The molecule has 0 spiro atoms. The number of hydrogen-bond acceptors (Lipinski definition) is 4. The molecule has 0 saturated heterocycles. The van der Waals surface area contributed by atoms with Gasteiger partial charge in [-0.25, -0.2) is 4.79 Å². The van der Waals surface area contributed by atoms with Crippen LogP contribution in [0.1, 0.15) is 32.6 Å². The molecule has 0 aromatic heterocycles. The van der Waals surface area contributed by atoms with Crippen molar-refractivity contribution in [3.8, 4) is 6.07 Å². The number of carbonyl (C=O) groups is 2. The number of hydrogen-bond donors (Lipinski definition) is 1. The van der Waals surface area contributed by atoms with Gasteiger partial charge >= 0.3 is 5.97 Å². The molecule has 0 aliphatic rings. The fourth-order valence-corrected chi connectivity index (χ4v) is 2.58. The van der Waals surface area contributed by atoms with Crippen LogP contribution in [-0.2, 0) is 9.53 Å². The number of carbonyl (C=O) groups excluding carboxylic acids is 2. The van der Waals surface area contributed by atoms with Crippen LogP contribution in [0.2, 0.25) is 0 Å². The van der Waals surface area contributed by atoms with E-state index in [-0.39, 0.29) is 0 Å². The third-order valence-corrected chi connectivity index (χ3v) is 3.54. The van der Waals surface area contributed by atoms with E-state index in [1.165, 1.54) is 0 Å². The number of para-hydroxylation sites is 1. The van der Waals surface area contributed by atoms with Crippen LogP contribution in [0.15, 0.2) is 36.4 Å². The van der Waals surface area contributed by atoms with Crippen molar-refractivity contribution in [3.63, 3.8) is 0 Å². The Kier molecular flexibility index (Phi) is 5.33. The molecule has 2 aromatic rings. The van der Waals surface area contributed by atoms with Crippen LogP contribution in [-0.4, -0.2) is 18.5 Å². The summed E-state index contributed by atoms with van der Waals surface area (Å²) in [5.41, 5.74) is 3.91. The second-order valence-corrected chi connectivity index (χ2v) is 5.56. The molecule has 122 valence electrons. The van der Waals surface area contributed by atoms with Gasteiger partial charge in [0.05, 0.1) is 16.8 Å². The van der Waals surface area contributed by atoms with Crippen molar-refractivity contribution >= 4 is 17.6 Å². The van der Waals surface area contributed by atoms with Gasteiger partial charge in [-0.2, -0.15) is 5.26 Å². The average Bonchev–Trinajstić information content (AvgIpc) is 2.52. The number of anilines is 1. The minimum atomic E-state index is -0.534. The lowest BCUT2D eigenvalue weighted by atomic mass is 10.00. The summed E-state index contributed by atoms with van der Waals surface area (Å²) in [6.07, 6.45) is 0. The van der Waals surface area contributed by atoms with Gasteiger partial charge < -0.3 is 10.1 Å². The zero-order valence-electron chi connectivity index (χ0n) is 13.8. The number of esters is 1. The van der Waals surface area contributed by atoms with E-state index < -0.39 is 18.5 Å². The molecule has 5 nitrogen and oxygen atoms in total. The van der Waals surface area contributed by atoms with Gasteiger partial charge in [-0.05, 0) is 44.0 Å². The first-order valence-electron chi connectivity index (χ1n) is 7.46. The highest BCUT2D eigenvalue weighted by Crippen LogP contribution is 2.18. The molecule has 0 bridgehead atoms. The topological polar surface area (TPSA) is 79.2 Å². The molecule has 0 atom stereocenters. The lowest BCUT2D eigenvalue weighted by Crippen LogP contribution is -2.22. The first kappa shape index (κ1) is 17.2. The molecule has 24 heavy (non-hydrogen) atoms. The Labute approximate surface area is 140 Å². The van der Waals surface area contributed by atoms with Gasteiger partial charge in [-0.15, -0.1) is 0 Å². The first-order valence-corrected chi connectivity index (χ1v) is 7.46. The largest absolute Gasteiger partial charge is 0.452 e. The summed E-state index contributed by atoms with van der Waals surface area (Å²) >= 11 is 0. The Morgan fingerprint density at radius 2 is 1.75 bits per heavy atom. The quantitative estimate of drug-likeness (QED) is 0.876. The monoisotopic (exact) mass is 322 g/mol. The standard InChI is InChI=1S/C19H18N2O3/c1-12-8-13(2)18(14(3)9-12)19(23)24-11-17(22)21-16-7-5-4-6-15(16)10-20/h4-9H,11H2,1-3H3,(H,21,22). The number of rotatable bonds is 4. The Morgan fingerprint density at radius 1 is 1.12 bits per heavy atom. The first-order chi connectivity index (χ1) is 11.4. The highest BCUT2D eigenvalue weighted by atomic mass is 16.5. The number of nitrogens with zero attached hydrogens (tertiary/aromatic N) is 1. The second-order valence-electron chi connectivity index (χ2n) is 5.56.